The molecule has 2 aliphatic rings. The summed E-state index contributed by atoms with van der Waals surface area (Å²) in [7, 11) is 2.08. The molecule has 0 aromatic rings. The van der Waals surface area contributed by atoms with Gasteiger partial charge in [0.05, 0.1) is 19.1 Å². The highest BCUT2D eigenvalue weighted by molar-refractivity contribution is 5.71. The Kier molecular flexibility index (Phi) is 4.05. The number of ether oxygens (including phenoxy) is 1. The summed E-state index contributed by atoms with van der Waals surface area (Å²) >= 11 is 0. The summed E-state index contributed by atoms with van der Waals surface area (Å²) in [5, 5.41) is 9.19. The molecular weight excluding hydrogens is 218 g/mol. The third-order valence-electron chi connectivity index (χ3n) is 4.56. The molecule has 0 bridgehead atoms. The van der Waals surface area contributed by atoms with Gasteiger partial charge >= 0.3 is 5.97 Å². The Labute approximate surface area is 103 Å². The molecule has 1 aliphatic heterocycles. The minimum atomic E-state index is -0.717. The second kappa shape index (κ2) is 5.36. The van der Waals surface area contributed by atoms with E-state index in [-0.39, 0.29) is 12.0 Å². The molecular formula is C13H23NO3. The smallest absolute Gasteiger partial charge is 0.310 e. The van der Waals surface area contributed by atoms with Crippen LogP contribution in [0, 0.1) is 11.8 Å². The maximum absolute atomic E-state index is 11.2. The van der Waals surface area contributed by atoms with E-state index < -0.39 is 5.97 Å². The monoisotopic (exact) mass is 241 g/mol. The van der Waals surface area contributed by atoms with Crippen LogP contribution in [0.15, 0.2) is 0 Å². The van der Waals surface area contributed by atoms with Crippen LogP contribution in [0.25, 0.3) is 0 Å². The molecule has 1 saturated heterocycles. The van der Waals surface area contributed by atoms with Crippen molar-refractivity contribution in [2.24, 2.45) is 11.8 Å². The van der Waals surface area contributed by atoms with Crippen LogP contribution < -0.4 is 0 Å². The SMILES string of the molecule is CCC1CCCC1N(C)C1COCC1C(=O)O. The average Bonchev–Trinajstić information content (AvgIpc) is 2.96. The largest absolute Gasteiger partial charge is 0.481 e. The lowest BCUT2D eigenvalue weighted by atomic mass is 9.95. The van der Waals surface area contributed by atoms with Gasteiger partial charge in [0, 0.05) is 12.1 Å². The fourth-order valence-electron chi connectivity index (χ4n) is 3.46. The molecule has 1 saturated carbocycles. The maximum atomic E-state index is 11.2. The number of hydrogen-bond acceptors (Lipinski definition) is 3. The van der Waals surface area contributed by atoms with Crippen LogP contribution in [0.3, 0.4) is 0 Å². The molecule has 2 fully saturated rings. The van der Waals surface area contributed by atoms with Gasteiger partial charge in [0.1, 0.15) is 0 Å². The van der Waals surface area contributed by atoms with Gasteiger partial charge in [-0.05, 0) is 25.8 Å². The molecule has 4 nitrogen and oxygen atoms in total. The first-order chi connectivity index (χ1) is 8.15. The van der Waals surface area contributed by atoms with Gasteiger partial charge in [-0.3, -0.25) is 9.69 Å². The molecule has 0 amide bonds. The minimum Gasteiger partial charge on any atom is -0.481 e. The van der Waals surface area contributed by atoms with Crippen molar-refractivity contribution in [3.05, 3.63) is 0 Å². The number of carboxylic acid groups (broad SMARTS) is 1. The van der Waals surface area contributed by atoms with Crippen LogP contribution in [0.5, 0.6) is 0 Å². The van der Waals surface area contributed by atoms with Crippen molar-refractivity contribution in [3.8, 4) is 0 Å². The minimum absolute atomic E-state index is 0.0599. The standard InChI is InChI=1S/C13H23NO3/c1-3-9-5-4-6-11(9)14(2)12-8-17-7-10(12)13(15)16/h9-12H,3-8H2,1-2H3,(H,15,16). The van der Waals surface area contributed by atoms with Crippen molar-refractivity contribution in [2.75, 3.05) is 20.3 Å². The van der Waals surface area contributed by atoms with E-state index in [1.807, 2.05) is 0 Å². The Morgan fingerprint density at radius 3 is 2.76 bits per heavy atom. The molecule has 0 aromatic heterocycles. The third kappa shape index (κ3) is 2.47. The molecule has 4 heteroatoms. The second-order valence-electron chi connectivity index (χ2n) is 5.38. The van der Waals surface area contributed by atoms with Gasteiger partial charge in [-0.25, -0.2) is 0 Å². The molecule has 4 unspecified atom stereocenters. The molecule has 0 spiro atoms. The zero-order chi connectivity index (χ0) is 12.4. The summed E-state index contributed by atoms with van der Waals surface area (Å²) < 4.78 is 5.36. The van der Waals surface area contributed by atoms with Crippen molar-refractivity contribution in [3.63, 3.8) is 0 Å². The van der Waals surface area contributed by atoms with Gasteiger partial charge in [0.15, 0.2) is 0 Å². The lowest BCUT2D eigenvalue weighted by Crippen LogP contribution is -2.47. The molecule has 0 aromatic carbocycles. The topological polar surface area (TPSA) is 49.8 Å². The van der Waals surface area contributed by atoms with Crippen molar-refractivity contribution in [1.82, 2.24) is 4.90 Å². The molecule has 2 rings (SSSR count). The predicted octanol–water partition coefficient (Wildman–Crippen LogP) is 1.60. The fourth-order valence-corrected chi connectivity index (χ4v) is 3.46. The van der Waals surface area contributed by atoms with Crippen molar-refractivity contribution < 1.29 is 14.6 Å². The first-order valence-electron chi connectivity index (χ1n) is 6.67. The zero-order valence-corrected chi connectivity index (χ0v) is 10.8. The number of rotatable bonds is 4. The Morgan fingerprint density at radius 1 is 1.35 bits per heavy atom. The predicted molar refractivity (Wildman–Crippen MR) is 64.9 cm³/mol. The van der Waals surface area contributed by atoms with E-state index in [0.29, 0.717) is 19.3 Å². The summed E-state index contributed by atoms with van der Waals surface area (Å²) in [6.45, 7) is 3.17. The van der Waals surface area contributed by atoms with E-state index in [4.69, 9.17) is 4.74 Å². The van der Waals surface area contributed by atoms with Gasteiger partial charge < -0.3 is 9.84 Å². The van der Waals surface area contributed by atoms with Gasteiger partial charge in [-0.2, -0.15) is 0 Å². The summed E-state index contributed by atoms with van der Waals surface area (Å²) in [6, 6.07) is 0.609. The Bertz CT molecular complexity index is 282. The third-order valence-corrected chi connectivity index (χ3v) is 4.56. The number of hydrogen-bond donors (Lipinski definition) is 1. The van der Waals surface area contributed by atoms with Gasteiger partial charge in [-0.1, -0.05) is 19.8 Å². The first kappa shape index (κ1) is 12.8. The molecule has 1 N–H and O–H groups in total. The Hall–Kier alpha value is -0.610. The van der Waals surface area contributed by atoms with E-state index >= 15 is 0 Å². The van der Waals surface area contributed by atoms with Crippen molar-refractivity contribution in [2.45, 2.75) is 44.7 Å². The van der Waals surface area contributed by atoms with Crippen LogP contribution in [0.1, 0.15) is 32.6 Å². The Balaban J connectivity index is 2.03. The van der Waals surface area contributed by atoms with Gasteiger partial charge in [0.25, 0.3) is 0 Å². The van der Waals surface area contributed by atoms with Gasteiger partial charge in [-0.15, -0.1) is 0 Å². The van der Waals surface area contributed by atoms with Gasteiger partial charge in [0.2, 0.25) is 0 Å². The number of carboxylic acids is 1. The average molecular weight is 241 g/mol. The highest BCUT2D eigenvalue weighted by Crippen LogP contribution is 2.34. The zero-order valence-electron chi connectivity index (χ0n) is 10.8. The van der Waals surface area contributed by atoms with Crippen LogP contribution in [-0.4, -0.2) is 48.3 Å². The van der Waals surface area contributed by atoms with E-state index in [1.54, 1.807) is 0 Å². The molecule has 98 valence electrons. The van der Waals surface area contributed by atoms with Crippen LogP contribution in [0.2, 0.25) is 0 Å². The van der Waals surface area contributed by atoms with E-state index in [2.05, 4.69) is 18.9 Å². The quantitative estimate of drug-likeness (QED) is 0.812. The van der Waals surface area contributed by atoms with E-state index in [9.17, 15) is 9.90 Å². The first-order valence-corrected chi connectivity index (χ1v) is 6.67. The van der Waals surface area contributed by atoms with Crippen LogP contribution >= 0.6 is 0 Å². The molecule has 1 aliphatic carbocycles. The molecule has 1 heterocycles. The number of carbonyl (C=O) groups is 1. The molecule has 0 radical (unpaired) electrons. The lowest BCUT2D eigenvalue weighted by Gasteiger charge is -2.35. The van der Waals surface area contributed by atoms with Crippen LogP contribution in [-0.2, 0) is 9.53 Å². The van der Waals surface area contributed by atoms with E-state index in [1.165, 1.54) is 25.7 Å². The summed E-state index contributed by atoms with van der Waals surface area (Å²) in [4.78, 5) is 13.5. The maximum Gasteiger partial charge on any atom is 0.310 e. The Morgan fingerprint density at radius 2 is 2.12 bits per heavy atom. The normalized spacial score (nSPS) is 37.8. The number of aliphatic carboxylic acids is 1. The van der Waals surface area contributed by atoms with Crippen molar-refractivity contribution in [1.29, 1.82) is 0 Å². The highest BCUT2D eigenvalue weighted by atomic mass is 16.5. The lowest BCUT2D eigenvalue weighted by molar-refractivity contribution is -0.143. The van der Waals surface area contributed by atoms with Crippen LogP contribution in [0.4, 0.5) is 0 Å². The summed E-state index contributed by atoms with van der Waals surface area (Å²) in [6.07, 6.45) is 4.97. The number of likely N-dealkylation sites (N-methyl/N-ethyl adjacent to an activating group) is 1. The number of nitrogens with zero attached hydrogens (tertiary/aromatic N) is 1. The fraction of sp³-hybridized carbons (Fsp3) is 0.923. The summed E-state index contributed by atoms with van der Waals surface area (Å²) in [5.74, 6) is -0.335. The molecule has 4 atom stereocenters. The highest BCUT2D eigenvalue weighted by Gasteiger charge is 2.41. The molecule has 17 heavy (non-hydrogen) atoms. The van der Waals surface area contributed by atoms with Crippen molar-refractivity contribution >= 4 is 5.97 Å². The second-order valence-corrected chi connectivity index (χ2v) is 5.38. The van der Waals surface area contributed by atoms with E-state index in [0.717, 1.165) is 5.92 Å². The summed E-state index contributed by atoms with van der Waals surface area (Å²) in [5.41, 5.74) is 0.